The second-order valence-corrected chi connectivity index (χ2v) is 15.9. The van der Waals surface area contributed by atoms with E-state index < -0.39 is 86.0 Å². The van der Waals surface area contributed by atoms with E-state index in [1.54, 1.807) is 55.4 Å². The smallest absolute Gasteiger partial charge is 0.372 e. The first-order valence-electron chi connectivity index (χ1n) is 16.0. The van der Waals surface area contributed by atoms with Gasteiger partial charge in [-0.25, -0.2) is 14.4 Å². The van der Waals surface area contributed by atoms with Crippen LogP contribution in [0.15, 0.2) is 21.3 Å². The van der Waals surface area contributed by atoms with Crippen molar-refractivity contribution < 1.29 is 51.7 Å². The maximum atomic E-state index is 14.7. The SMILES string of the molecule is Cc1c(F)c(=O)oc2c3c(ccc12)OC(C)(C)[C@H](OC(=O)C12CCC(C)(C(=O)O1)C2(C)C)[C@@H]3OC(=O)C12CCC(C)(C(=O)O1)C2(C)C. The molecule has 3 aliphatic heterocycles. The largest absolute Gasteiger partial charge is 0.483 e. The van der Waals surface area contributed by atoms with Gasteiger partial charge in [-0.05, 0) is 72.4 Å². The van der Waals surface area contributed by atoms with Gasteiger partial charge in [0.05, 0.1) is 16.4 Å². The molecule has 0 radical (unpaired) electrons. The molecule has 4 heterocycles. The Labute approximate surface area is 270 Å². The molecule has 2 aliphatic carbocycles. The molecule has 6 atom stereocenters. The third-order valence-electron chi connectivity index (χ3n) is 13.2. The van der Waals surface area contributed by atoms with Crippen molar-refractivity contribution >= 4 is 34.8 Å². The molecule has 2 saturated carbocycles. The van der Waals surface area contributed by atoms with E-state index >= 15 is 0 Å². The van der Waals surface area contributed by atoms with Crippen LogP contribution in [0.1, 0.15) is 98.3 Å². The summed E-state index contributed by atoms with van der Waals surface area (Å²) in [6.45, 7) is 15.3. The Balaban J connectivity index is 1.38. The monoisotopic (exact) mass is 654 g/mol. The molecule has 4 bridgehead atoms. The molecule has 11 nitrogen and oxygen atoms in total. The van der Waals surface area contributed by atoms with Gasteiger partial charge in [-0.2, -0.15) is 4.39 Å². The van der Waals surface area contributed by atoms with Crippen molar-refractivity contribution in [3.05, 3.63) is 39.5 Å². The molecular formula is C35H39FO11. The van der Waals surface area contributed by atoms with Crippen LogP contribution in [0.4, 0.5) is 4.39 Å². The Morgan fingerprint density at radius 3 is 1.74 bits per heavy atom. The van der Waals surface area contributed by atoms with E-state index in [1.165, 1.54) is 19.1 Å². The quantitative estimate of drug-likeness (QED) is 0.245. The summed E-state index contributed by atoms with van der Waals surface area (Å²) < 4.78 is 50.7. The highest BCUT2D eigenvalue weighted by Gasteiger charge is 2.78. The zero-order valence-corrected chi connectivity index (χ0v) is 28.0. The highest BCUT2D eigenvalue weighted by atomic mass is 19.1. The van der Waals surface area contributed by atoms with Gasteiger partial charge in [0.1, 0.15) is 16.9 Å². The Morgan fingerprint density at radius 2 is 1.28 bits per heavy atom. The van der Waals surface area contributed by atoms with E-state index in [-0.39, 0.29) is 40.7 Å². The molecular weight excluding hydrogens is 615 g/mol. The third kappa shape index (κ3) is 3.44. The van der Waals surface area contributed by atoms with Crippen LogP contribution in [0.5, 0.6) is 5.75 Å². The van der Waals surface area contributed by atoms with Crippen molar-refractivity contribution in [2.45, 2.75) is 117 Å². The van der Waals surface area contributed by atoms with Gasteiger partial charge in [0, 0.05) is 21.8 Å². The number of benzene rings is 1. The lowest BCUT2D eigenvalue weighted by Crippen LogP contribution is -2.57. The average Bonchev–Trinajstić information content (AvgIpc) is 3.45. The molecule has 252 valence electrons. The van der Waals surface area contributed by atoms with E-state index in [0.29, 0.717) is 12.8 Å². The van der Waals surface area contributed by atoms with Crippen LogP contribution in [-0.2, 0) is 38.1 Å². The van der Waals surface area contributed by atoms with E-state index in [0.717, 1.165) is 0 Å². The van der Waals surface area contributed by atoms with Crippen LogP contribution >= 0.6 is 0 Å². The number of hydrogen-bond acceptors (Lipinski definition) is 11. The molecule has 47 heavy (non-hydrogen) atoms. The lowest BCUT2D eigenvalue weighted by atomic mass is 9.66. The molecule has 2 saturated heterocycles. The van der Waals surface area contributed by atoms with Crippen LogP contribution in [-0.4, -0.2) is 46.8 Å². The Bertz CT molecular complexity index is 1890. The van der Waals surface area contributed by atoms with E-state index in [2.05, 4.69) is 0 Å². The summed E-state index contributed by atoms with van der Waals surface area (Å²) >= 11 is 0. The van der Waals surface area contributed by atoms with Gasteiger partial charge in [0.25, 0.3) is 0 Å². The normalized spacial score (nSPS) is 36.8. The fourth-order valence-corrected chi connectivity index (χ4v) is 8.76. The molecule has 12 heteroatoms. The van der Waals surface area contributed by atoms with E-state index in [9.17, 15) is 28.4 Å². The third-order valence-corrected chi connectivity index (χ3v) is 13.2. The first-order valence-corrected chi connectivity index (χ1v) is 16.0. The highest BCUT2D eigenvalue weighted by Crippen LogP contribution is 2.67. The van der Waals surface area contributed by atoms with Gasteiger partial charge in [0.15, 0.2) is 12.2 Å². The first-order chi connectivity index (χ1) is 21.6. The van der Waals surface area contributed by atoms with Gasteiger partial charge in [0.2, 0.25) is 17.0 Å². The number of esters is 4. The zero-order chi connectivity index (χ0) is 34.5. The summed E-state index contributed by atoms with van der Waals surface area (Å²) in [5, 5.41) is 0.213. The van der Waals surface area contributed by atoms with Gasteiger partial charge < -0.3 is 28.1 Å². The number of carbonyl (C=O) groups is 4. The number of aryl methyl sites for hydroxylation is 1. The van der Waals surface area contributed by atoms with Crippen molar-refractivity contribution in [2.24, 2.45) is 21.7 Å². The summed E-state index contributed by atoms with van der Waals surface area (Å²) in [5.74, 6) is -3.66. The maximum absolute atomic E-state index is 14.7. The second-order valence-electron chi connectivity index (χ2n) is 15.9. The number of fused-ring (bicyclic) bond motifs is 7. The van der Waals surface area contributed by atoms with Crippen LogP contribution in [0.3, 0.4) is 0 Å². The Kier molecular flexibility index (Phi) is 6.01. The van der Waals surface area contributed by atoms with Gasteiger partial charge in [-0.3, -0.25) is 9.59 Å². The molecule has 0 N–H and O–H groups in total. The average molecular weight is 655 g/mol. The minimum Gasteiger partial charge on any atom is -0.483 e. The van der Waals surface area contributed by atoms with E-state index in [4.69, 9.17) is 28.1 Å². The Morgan fingerprint density at radius 1 is 0.766 bits per heavy atom. The van der Waals surface area contributed by atoms with Gasteiger partial charge in [-0.15, -0.1) is 0 Å². The lowest BCUT2D eigenvalue weighted by Gasteiger charge is -2.45. The van der Waals surface area contributed by atoms with Crippen molar-refractivity contribution in [3.63, 3.8) is 0 Å². The lowest BCUT2D eigenvalue weighted by molar-refractivity contribution is -0.217. The van der Waals surface area contributed by atoms with Crippen molar-refractivity contribution in [1.82, 2.24) is 0 Å². The standard InChI is InChI=1S/C35H39FO11/c1-16-17-10-11-18-19(21(17)42-24(37)20(16)36)22(43-27(40)34-14-12-32(8,25(38)46-34)30(34,4)5)23(29(2,3)45-18)44-28(41)35-15-13-33(9,26(39)47-35)31(35,6)7/h10-11,22-23H,12-15H2,1-9H3/t22-,23-,32?,33?,34?,35?/m1/s1. The first kappa shape index (κ1) is 31.6. The maximum Gasteiger partial charge on any atom is 0.372 e. The molecule has 5 aliphatic rings. The topological polar surface area (TPSA) is 145 Å². The zero-order valence-electron chi connectivity index (χ0n) is 28.0. The summed E-state index contributed by atoms with van der Waals surface area (Å²) in [7, 11) is 0. The molecule has 4 unspecified atom stereocenters. The van der Waals surface area contributed by atoms with E-state index in [1.807, 2.05) is 0 Å². The summed E-state index contributed by atoms with van der Waals surface area (Å²) in [5.41, 5.74) is -9.73. The van der Waals surface area contributed by atoms with Crippen molar-refractivity contribution in [3.8, 4) is 5.75 Å². The molecule has 7 rings (SSSR count). The summed E-state index contributed by atoms with van der Waals surface area (Å²) in [6.07, 6.45) is -1.66. The van der Waals surface area contributed by atoms with Gasteiger partial charge in [-0.1, -0.05) is 27.7 Å². The summed E-state index contributed by atoms with van der Waals surface area (Å²) in [6, 6.07) is 3.07. The molecule has 0 amide bonds. The molecule has 0 spiro atoms. The number of ether oxygens (including phenoxy) is 5. The van der Waals surface area contributed by atoms with Crippen LogP contribution in [0, 0.1) is 34.4 Å². The highest BCUT2D eigenvalue weighted by molar-refractivity contribution is 5.95. The number of hydrogen-bond donors (Lipinski definition) is 0. The Hall–Kier alpha value is -3.96. The predicted octanol–water partition coefficient (Wildman–Crippen LogP) is 5.15. The molecule has 4 fully saturated rings. The fraction of sp³-hybridized carbons (Fsp3) is 0.629. The molecule has 1 aromatic carbocycles. The van der Waals surface area contributed by atoms with Crippen LogP contribution in [0.2, 0.25) is 0 Å². The van der Waals surface area contributed by atoms with Crippen LogP contribution < -0.4 is 10.4 Å². The van der Waals surface area contributed by atoms with Crippen molar-refractivity contribution in [1.29, 1.82) is 0 Å². The van der Waals surface area contributed by atoms with Gasteiger partial charge >= 0.3 is 29.5 Å². The minimum absolute atomic E-state index is 0.00209. The molecule has 2 aromatic rings. The number of halogens is 1. The number of rotatable bonds is 4. The summed E-state index contributed by atoms with van der Waals surface area (Å²) in [4.78, 5) is 67.5. The predicted molar refractivity (Wildman–Crippen MR) is 160 cm³/mol. The fourth-order valence-electron chi connectivity index (χ4n) is 8.76. The molecule has 1 aromatic heterocycles. The van der Waals surface area contributed by atoms with Crippen LogP contribution in [0.25, 0.3) is 11.0 Å². The minimum atomic E-state index is -1.65. The number of carbonyl (C=O) groups excluding carboxylic acids is 4. The second kappa shape index (κ2) is 8.93. The van der Waals surface area contributed by atoms with Crippen molar-refractivity contribution in [2.75, 3.05) is 0 Å².